The fourth-order valence-electron chi connectivity index (χ4n) is 1.05. The van der Waals surface area contributed by atoms with Crippen LogP contribution in [0.2, 0.25) is 0 Å². The Balaban J connectivity index is 2.42. The number of nitrogens with zero attached hydrogens (tertiary/aromatic N) is 1. The SMILES string of the molecule is CC1(C)CC1C=N[S+]([O-])C(C)(C)C. The molecule has 1 rings (SSSR count). The van der Waals surface area contributed by atoms with E-state index in [4.69, 9.17) is 0 Å². The lowest BCUT2D eigenvalue weighted by Gasteiger charge is -2.17. The second kappa shape index (κ2) is 3.28. The van der Waals surface area contributed by atoms with E-state index in [0.717, 1.165) is 0 Å². The zero-order chi connectivity index (χ0) is 10.3. The molecule has 13 heavy (non-hydrogen) atoms. The predicted molar refractivity (Wildman–Crippen MR) is 58.3 cm³/mol. The van der Waals surface area contributed by atoms with Crippen LogP contribution in [0.4, 0.5) is 0 Å². The fourth-order valence-corrected chi connectivity index (χ4v) is 1.62. The van der Waals surface area contributed by atoms with Gasteiger partial charge in [0.25, 0.3) is 0 Å². The molecule has 76 valence electrons. The molecule has 3 heteroatoms. The minimum atomic E-state index is -1.08. The van der Waals surface area contributed by atoms with E-state index in [9.17, 15) is 4.55 Å². The molecule has 2 atom stereocenters. The summed E-state index contributed by atoms with van der Waals surface area (Å²) in [6.45, 7) is 10.3. The lowest BCUT2D eigenvalue weighted by molar-refractivity contribution is 0.561. The first-order valence-corrected chi connectivity index (χ1v) is 5.80. The quantitative estimate of drug-likeness (QED) is 0.499. The Morgan fingerprint density at radius 3 is 2.23 bits per heavy atom. The molecular weight excluding hydrogens is 182 g/mol. The second-order valence-electron chi connectivity index (χ2n) is 5.42. The monoisotopic (exact) mass is 201 g/mol. The minimum Gasteiger partial charge on any atom is -0.591 e. The molecule has 1 aliphatic rings. The molecule has 2 unspecified atom stereocenters. The third-order valence-corrected chi connectivity index (χ3v) is 3.81. The van der Waals surface area contributed by atoms with E-state index in [-0.39, 0.29) is 4.75 Å². The van der Waals surface area contributed by atoms with Crippen molar-refractivity contribution in [2.75, 3.05) is 0 Å². The average molecular weight is 201 g/mol. The first kappa shape index (κ1) is 11.1. The smallest absolute Gasteiger partial charge is 0.144 e. The molecule has 0 amide bonds. The summed E-state index contributed by atoms with van der Waals surface area (Å²) in [5, 5.41) is 0. The molecule has 0 radical (unpaired) electrons. The molecule has 1 fully saturated rings. The van der Waals surface area contributed by atoms with Gasteiger partial charge in [0.15, 0.2) is 0 Å². The van der Waals surface area contributed by atoms with Crippen LogP contribution in [-0.2, 0) is 11.4 Å². The highest BCUT2D eigenvalue weighted by molar-refractivity contribution is 7.91. The predicted octanol–water partition coefficient (Wildman–Crippen LogP) is 2.57. The van der Waals surface area contributed by atoms with Crippen LogP contribution < -0.4 is 0 Å². The zero-order valence-electron chi connectivity index (χ0n) is 9.13. The highest BCUT2D eigenvalue weighted by Gasteiger charge is 2.45. The molecule has 0 aliphatic heterocycles. The molecule has 0 bridgehead atoms. The van der Waals surface area contributed by atoms with Crippen molar-refractivity contribution in [2.45, 2.75) is 45.8 Å². The maximum absolute atomic E-state index is 11.5. The Bertz CT molecular complexity index is 217. The molecule has 0 aromatic carbocycles. The van der Waals surface area contributed by atoms with Crippen molar-refractivity contribution in [3.8, 4) is 0 Å². The van der Waals surface area contributed by atoms with Gasteiger partial charge in [0, 0.05) is 5.92 Å². The Labute approximate surface area is 84.1 Å². The molecule has 2 nitrogen and oxygen atoms in total. The van der Waals surface area contributed by atoms with Gasteiger partial charge in [-0.3, -0.25) is 0 Å². The summed E-state index contributed by atoms with van der Waals surface area (Å²) in [4.78, 5) is 0. The Morgan fingerprint density at radius 1 is 1.46 bits per heavy atom. The summed E-state index contributed by atoms with van der Waals surface area (Å²) in [7, 11) is 0. The highest BCUT2D eigenvalue weighted by Crippen LogP contribution is 2.50. The Morgan fingerprint density at radius 2 is 1.92 bits per heavy atom. The van der Waals surface area contributed by atoms with E-state index in [0.29, 0.717) is 11.3 Å². The largest absolute Gasteiger partial charge is 0.591 e. The van der Waals surface area contributed by atoms with Crippen LogP contribution in [0.15, 0.2) is 4.40 Å². The molecule has 0 aromatic heterocycles. The van der Waals surface area contributed by atoms with Gasteiger partial charge in [-0.05, 0) is 32.6 Å². The van der Waals surface area contributed by atoms with Crippen molar-refractivity contribution in [3.63, 3.8) is 0 Å². The van der Waals surface area contributed by atoms with Crippen LogP contribution in [0, 0.1) is 11.3 Å². The van der Waals surface area contributed by atoms with E-state index in [1.165, 1.54) is 6.42 Å². The molecule has 0 spiro atoms. The van der Waals surface area contributed by atoms with Crippen molar-refractivity contribution < 1.29 is 4.55 Å². The topological polar surface area (TPSA) is 35.4 Å². The molecular formula is C10H19NOS. The van der Waals surface area contributed by atoms with E-state index in [2.05, 4.69) is 18.2 Å². The van der Waals surface area contributed by atoms with Crippen molar-refractivity contribution in [3.05, 3.63) is 0 Å². The summed E-state index contributed by atoms with van der Waals surface area (Å²) in [6, 6.07) is 0. The molecule has 0 heterocycles. The third kappa shape index (κ3) is 2.99. The molecule has 0 N–H and O–H groups in total. The Kier molecular flexibility index (Phi) is 2.79. The van der Waals surface area contributed by atoms with E-state index >= 15 is 0 Å². The van der Waals surface area contributed by atoms with Gasteiger partial charge in [-0.2, -0.15) is 0 Å². The molecule has 0 aromatic rings. The van der Waals surface area contributed by atoms with Crippen LogP contribution in [-0.4, -0.2) is 15.5 Å². The van der Waals surface area contributed by atoms with Gasteiger partial charge < -0.3 is 4.55 Å². The number of hydrogen-bond acceptors (Lipinski definition) is 2. The van der Waals surface area contributed by atoms with Gasteiger partial charge in [0.05, 0.1) is 6.21 Å². The zero-order valence-corrected chi connectivity index (χ0v) is 9.94. The summed E-state index contributed by atoms with van der Waals surface area (Å²) in [5.41, 5.74) is 0.394. The first-order chi connectivity index (χ1) is 5.73. The minimum absolute atomic E-state index is 0.227. The standard InChI is InChI=1S/C10H19NOS/c1-9(2,3)13(12)11-7-8-6-10(8,4)5/h7-8H,6H2,1-5H3. The van der Waals surface area contributed by atoms with Gasteiger partial charge in [0.2, 0.25) is 0 Å². The summed E-state index contributed by atoms with van der Waals surface area (Å²) >= 11 is -1.08. The third-order valence-electron chi connectivity index (χ3n) is 2.45. The van der Waals surface area contributed by atoms with Gasteiger partial charge >= 0.3 is 0 Å². The average Bonchev–Trinajstić information content (AvgIpc) is 2.52. The van der Waals surface area contributed by atoms with Gasteiger partial charge in [-0.15, -0.1) is 0 Å². The second-order valence-corrected chi connectivity index (χ2v) is 7.35. The van der Waals surface area contributed by atoms with Gasteiger partial charge in [0.1, 0.15) is 16.1 Å². The fraction of sp³-hybridized carbons (Fsp3) is 0.900. The van der Waals surface area contributed by atoms with Crippen molar-refractivity contribution in [1.29, 1.82) is 0 Å². The maximum atomic E-state index is 11.5. The van der Waals surface area contributed by atoms with Crippen LogP contribution in [0.5, 0.6) is 0 Å². The van der Waals surface area contributed by atoms with E-state index in [1.807, 2.05) is 27.0 Å². The Hall–Kier alpha value is -0.0200. The molecule has 1 saturated carbocycles. The van der Waals surface area contributed by atoms with Crippen molar-refractivity contribution >= 4 is 17.6 Å². The van der Waals surface area contributed by atoms with E-state index in [1.54, 1.807) is 0 Å². The summed E-state index contributed by atoms with van der Waals surface area (Å²) in [6.07, 6.45) is 3.05. The first-order valence-electron chi connectivity index (χ1n) is 4.70. The van der Waals surface area contributed by atoms with Crippen molar-refractivity contribution in [1.82, 2.24) is 0 Å². The number of rotatable bonds is 2. The van der Waals surface area contributed by atoms with Gasteiger partial charge in [-0.25, -0.2) is 0 Å². The van der Waals surface area contributed by atoms with E-state index < -0.39 is 11.4 Å². The summed E-state index contributed by atoms with van der Waals surface area (Å²) in [5.74, 6) is 0.541. The summed E-state index contributed by atoms with van der Waals surface area (Å²) < 4.78 is 15.4. The van der Waals surface area contributed by atoms with Crippen LogP contribution in [0.25, 0.3) is 0 Å². The van der Waals surface area contributed by atoms with Gasteiger partial charge in [-0.1, -0.05) is 18.2 Å². The normalized spacial score (nSPS) is 29.2. The molecule has 0 saturated heterocycles. The van der Waals surface area contributed by atoms with Crippen LogP contribution in [0.1, 0.15) is 41.0 Å². The maximum Gasteiger partial charge on any atom is 0.144 e. The van der Waals surface area contributed by atoms with Crippen LogP contribution in [0.3, 0.4) is 0 Å². The van der Waals surface area contributed by atoms with Crippen LogP contribution >= 0.6 is 0 Å². The van der Waals surface area contributed by atoms with Crippen molar-refractivity contribution in [2.24, 2.45) is 15.7 Å². The lowest BCUT2D eigenvalue weighted by atomic mass is 10.1. The number of hydrogen-bond donors (Lipinski definition) is 0. The lowest BCUT2D eigenvalue weighted by Crippen LogP contribution is -2.25. The highest BCUT2D eigenvalue weighted by atomic mass is 32.2. The molecule has 1 aliphatic carbocycles.